The van der Waals surface area contributed by atoms with Crippen LogP contribution >= 0.6 is 0 Å². The van der Waals surface area contributed by atoms with Gasteiger partial charge in [-0.1, -0.05) is 24.3 Å². The number of allylic oxidation sites excluding steroid dienone is 4. The van der Waals surface area contributed by atoms with Gasteiger partial charge < -0.3 is 4.90 Å². The summed E-state index contributed by atoms with van der Waals surface area (Å²) in [7, 11) is 0. The van der Waals surface area contributed by atoms with Gasteiger partial charge >= 0.3 is 0 Å². The summed E-state index contributed by atoms with van der Waals surface area (Å²) in [5.41, 5.74) is 8.55. The molecule has 3 fully saturated rings. The second-order valence-corrected chi connectivity index (χ2v) is 10.9. The molecule has 0 radical (unpaired) electrons. The molecule has 8 nitrogen and oxygen atoms in total. The van der Waals surface area contributed by atoms with Gasteiger partial charge in [0, 0.05) is 67.5 Å². The van der Waals surface area contributed by atoms with Crippen molar-refractivity contribution in [1.29, 1.82) is 0 Å². The molecule has 3 aliphatic heterocycles. The summed E-state index contributed by atoms with van der Waals surface area (Å²) in [5, 5.41) is 7.35. The Morgan fingerprint density at radius 1 is 0.949 bits per heavy atom. The number of nitrogens with one attached hydrogen (secondary N) is 1. The zero-order valence-electron chi connectivity index (χ0n) is 22.4. The molecule has 4 aliphatic rings. The van der Waals surface area contributed by atoms with Crippen LogP contribution in [0.3, 0.4) is 0 Å². The van der Waals surface area contributed by atoms with Crippen LogP contribution in [0, 0.1) is 13.8 Å². The van der Waals surface area contributed by atoms with Gasteiger partial charge in [0.2, 0.25) is 0 Å². The monoisotopic (exact) mass is 516 g/mol. The number of aryl methyl sites for hydroxylation is 2. The molecule has 2 unspecified atom stereocenters. The van der Waals surface area contributed by atoms with Crippen LogP contribution in [0.25, 0.3) is 17.0 Å². The fourth-order valence-electron chi connectivity index (χ4n) is 6.00. The number of hydrogen-bond donors (Lipinski definition) is 1. The topological polar surface area (TPSA) is 86.7 Å². The molecule has 0 aromatic carbocycles. The second kappa shape index (κ2) is 9.85. The number of nitrogens with zero attached hydrogens (tertiary/aromatic N) is 7. The van der Waals surface area contributed by atoms with Crippen molar-refractivity contribution in [1.82, 2.24) is 35.0 Å². The van der Waals surface area contributed by atoms with Crippen LogP contribution in [-0.4, -0.2) is 60.2 Å². The predicted molar refractivity (Wildman–Crippen MR) is 152 cm³/mol. The van der Waals surface area contributed by atoms with Gasteiger partial charge in [0.1, 0.15) is 5.82 Å². The molecule has 1 N–H and O–H groups in total. The first kappa shape index (κ1) is 23.9. The van der Waals surface area contributed by atoms with Crippen LogP contribution in [0.1, 0.15) is 46.9 Å². The van der Waals surface area contributed by atoms with Crippen LogP contribution in [0.15, 0.2) is 67.0 Å². The third-order valence-corrected chi connectivity index (χ3v) is 7.99. The molecule has 7 heterocycles. The Bertz CT molecular complexity index is 1540. The number of H-pyrrole nitrogens is 1. The Hall–Kier alpha value is -4.17. The molecule has 2 bridgehead atoms. The third kappa shape index (κ3) is 4.88. The summed E-state index contributed by atoms with van der Waals surface area (Å²) < 4.78 is 0. The van der Waals surface area contributed by atoms with Gasteiger partial charge in [-0.05, 0) is 68.2 Å². The van der Waals surface area contributed by atoms with Crippen molar-refractivity contribution in [3.63, 3.8) is 0 Å². The second-order valence-electron chi connectivity index (χ2n) is 10.9. The number of aromatic nitrogens is 6. The summed E-state index contributed by atoms with van der Waals surface area (Å²) in [6.07, 6.45) is 13.3. The zero-order valence-corrected chi connectivity index (χ0v) is 22.4. The van der Waals surface area contributed by atoms with Crippen LogP contribution < -0.4 is 4.90 Å². The molecule has 4 aromatic heterocycles. The van der Waals surface area contributed by atoms with Crippen molar-refractivity contribution in [2.75, 3.05) is 18.0 Å². The highest BCUT2D eigenvalue weighted by Crippen LogP contribution is 2.35. The number of aromatic amines is 1. The Balaban J connectivity index is 0.991. The summed E-state index contributed by atoms with van der Waals surface area (Å²) in [6, 6.07) is 13.8. The van der Waals surface area contributed by atoms with Crippen LogP contribution in [0.2, 0.25) is 0 Å². The molecule has 8 rings (SSSR count). The lowest BCUT2D eigenvalue weighted by molar-refractivity contribution is -0.00875. The average molecular weight is 517 g/mol. The minimum atomic E-state index is 0.556. The van der Waals surface area contributed by atoms with E-state index >= 15 is 0 Å². The minimum absolute atomic E-state index is 0.556. The maximum Gasteiger partial charge on any atom is 0.161 e. The predicted octanol–water partition coefficient (Wildman–Crippen LogP) is 4.67. The normalized spacial score (nSPS) is 20.3. The summed E-state index contributed by atoms with van der Waals surface area (Å²) in [4.78, 5) is 24.1. The molecule has 1 aliphatic carbocycles. The van der Waals surface area contributed by atoms with E-state index in [0.717, 1.165) is 65.9 Å². The van der Waals surface area contributed by atoms with Crippen LogP contribution in [0.5, 0.6) is 0 Å². The molecule has 39 heavy (non-hydrogen) atoms. The van der Waals surface area contributed by atoms with Crippen molar-refractivity contribution in [3.05, 3.63) is 101 Å². The van der Waals surface area contributed by atoms with Crippen LogP contribution in [-0.2, 0) is 13.0 Å². The quantitative estimate of drug-likeness (QED) is 0.382. The highest BCUT2D eigenvalue weighted by Gasteiger charge is 2.44. The Labute approximate surface area is 228 Å². The summed E-state index contributed by atoms with van der Waals surface area (Å²) >= 11 is 0. The Morgan fingerprint density at radius 3 is 2.54 bits per heavy atom. The number of anilines is 1. The first-order valence-corrected chi connectivity index (χ1v) is 13.7. The molecule has 196 valence electrons. The standard InChI is InChI=1S/C31H32N8/c1-20-11-25(13-26-12-21(2)36-37-26)35-31(34-20)24-8-10-30(33-16-24)38-18-27-14-28(19-38)39(27)17-22-7-9-29(32-15-22)23-5-3-4-6-23/h3-5,7-12,15-16,27-28H,6,13-14,17-19H2,1-2H3,(H,36,37). The maximum absolute atomic E-state index is 4.83. The largest absolute Gasteiger partial charge is 0.353 e. The van der Waals surface area contributed by atoms with Crippen molar-refractivity contribution >= 4 is 11.4 Å². The van der Waals surface area contributed by atoms with Gasteiger partial charge in [-0.25, -0.2) is 15.0 Å². The molecule has 0 amide bonds. The summed E-state index contributed by atoms with van der Waals surface area (Å²) in [6.45, 7) is 6.98. The van der Waals surface area contributed by atoms with Crippen molar-refractivity contribution in [2.45, 2.75) is 51.7 Å². The molecule has 8 heteroatoms. The highest BCUT2D eigenvalue weighted by atomic mass is 15.4. The minimum Gasteiger partial charge on any atom is -0.353 e. The van der Waals surface area contributed by atoms with Gasteiger partial charge in [-0.15, -0.1) is 0 Å². The first-order valence-electron chi connectivity index (χ1n) is 13.7. The van der Waals surface area contributed by atoms with Gasteiger partial charge in [-0.3, -0.25) is 15.0 Å². The zero-order chi connectivity index (χ0) is 26.3. The highest BCUT2D eigenvalue weighted by molar-refractivity contribution is 5.68. The van der Waals surface area contributed by atoms with Crippen LogP contribution in [0.4, 0.5) is 5.82 Å². The van der Waals surface area contributed by atoms with E-state index in [1.807, 2.05) is 26.1 Å². The lowest BCUT2D eigenvalue weighted by Gasteiger charge is -2.56. The molecule has 2 atom stereocenters. The van der Waals surface area contributed by atoms with E-state index in [0.29, 0.717) is 24.3 Å². The van der Waals surface area contributed by atoms with Gasteiger partial charge in [-0.2, -0.15) is 5.10 Å². The average Bonchev–Trinajstić information content (AvgIpc) is 3.64. The number of fused-ring (bicyclic) bond motifs is 2. The van der Waals surface area contributed by atoms with E-state index in [4.69, 9.17) is 15.0 Å². The number of piperidine rings is 1. The van der Waals surface area contributed by atoms with E-state index in [1.165, 1.54) is 17.6 Å². The fourth-order valence-corrected chi connectivity index (χ4v) is 6.00. The Morgan fingerprint density at radius 2 is 1.85 bits per heavy atom. The molecular formula is C31H32N8. The molecule has 0 spiro atoms. The molecule has 4 aromatic rings. The Kier molecular flexibility index (Phi) is 6.04. The fraction of sp³-hybridized carbons (Fsp3) is 0.323. The number of pyridine rings is 2. The first-order chi connectivity index (χ1) is 19.1. The lowest BCUT2D eigenvalue weighted by atomic mass is 9.87. The van der Waals surface area contributed by atoms with E-state index in [9.17, 15) is 0 Å². The smallest absolute Gasteiger partial charge is 0.161 e. The number of piperazine rings is 1. The number of rotatable bonds is 7. The van der Waals surface area contributed by atoms with Gasteiger partial charge in [0.25, 0.3) is 0 Å². The number of hydrogen-bond acceptors (Lipinski definition) is 7. The van der Waals surface area contributed by atoms with E-state index in [1.54, 1.807) is 0 Å². The lowest BCUT2D eigenvalue weighted by Crippen LogP contribution is -2.68. The van der Waals surface area contributed by atoms with Crippen molar-refractivity contribution in [3.8, 4) is 11.4 Å². The maximum atomic E-state index is 4.83. The SMILES string of the molecule is Cc1cc(Cc2cc(C)[nH]n2)nc(-c2ccc(N3CC4CC(C3)N4Cc3ccc(C4=CC=CC4)nc3)nc2)n1. The van der Waals surface area contributed by atoms with Crippen molar-refractivity contribution in [2.24, 2.45) is 0 Å². The molecule has 3 saturated heterocycles. The van der Waals surface area contributed by atoms with Crippen molar-refractivity contribution < 1.29 is 0 Å². The van der Waals surface area contributed by atoms with E-state index in [2.05, 4.69) is 79.7 Å². The van der Waals surface area contributed by atoms with Gasteiger partial charge in [0.15, 0.2) is 5.82 Å². The van der Waals surface area contributed by atoms with E-state index in [-0.39, 0.29) is 0 Å². The molecule has 0 saturated carbocycles. The third-order valence-electron chi connectivity index (χ3n) is 7.99. The summed E-state index contributed by atoms with van der Waals surface area (Å²) in [5.74, 6) is 1.74. The van der Waals surface area contributed by atoms with E-state index < -0.39 is 0 Å². The van der Waals surface area contributed by atoms with Gasteiger partial charge in [0.05, 0.1) is 17.1 Å². The molecular weight excluding hydrogens is 484 g/mol.